The second-order valence-electron chi connectivity index (χ2n) is 3.03. The smallest absolute Gasteiger partial charge is 0.263 e. The zero-order chi connectivity index (χ0) is 11.4. The van der Waals surface area contributed by atoms with Crippen LogP contribution in [0.4, 0.5) is 14.5 Å². The molecule has 5 heteroatoms. The third-order valence-electron chi connectivity index (χ3n) is 1.77. The lowest BCUT2D eigenvalue weighted by Crippen LogP contribution is -2.19. The maximum atomic E-state index is 12.3. The van der Waals surface area contributed by atoms with E-state index in [1.54, 1.807) is 13.0 Å². The zero-order valence-electron chi connectivity index (χ0n) is 8.01. The van der Waals surface area contributed by atoms with Crippen molar-refractivity contribution in [2.75, 3.05) is 5.32 Å². The van der Waals surface area contributed by atoms with Gasteiger partial charge in [-0.3, -0.25) is 4.79 Å². The number of anilines is 1. The molecule has 0 saturated heterocycles. The number of benzene rings is 1. The fourth-order valence-corrected chi connectivity index (χ4v) is 1.11. The molecular weight excluding hydrogens is 268 g/mol. The van der Waals surface area contributed by atoms with Gasteiger partial charge in [0.1, 0.15) is 0 Å². The van der Waals surface area contributed by atoms with E-state index in [1.807, 2.05) is 0 Å². The van der Waals surface area contributed by atoms with Crippen LogP contribution in [0.2, 0.25) is 0 Å². The Labute approximate surface area is 94.8 Å². The first-order chi connectivity index (χ1) is 7.00. The van der Waals surface area contributed by atoms with Gasteiger partial charge in [-0.25, -0.2) is 8.78 Å². The minimum atomic E-state index is -2.52. The Balaban J connectivity index is 2.78. The van der Waals surface area contributed by atoms with E-state index >= 15 is 0 Å². The highest BCUT2D eigenvalue weighted by Gasteiger charge is 2.11. The number of hydrogen-bond acceptors (Lipinski definition) is 1. The number of nitrogens with one attached hydrogen (secondary N) is 1. The van der Waals surface area contributed by atoms with Crippen LogP contribution in [0.3, 0.4) is 0 Å². The summed E-state index contributed by atoms with van der Waals surface area (Å²) in [5, 5.41) is 2.52. The highest BCUT2D eigenvalue weighted by molar-refractivity contribution is 9.10. The maximum absolute atomic E-state index is 12.3. The summed E-state index contributed by atoms with van der Waals surface area (Å²) in [5.41, 5.74) is 0.277. The molecule has 0 aliphatic heterocycles. The largest absolute Gasteiger partial charge is 0.325 e. The SMILES string of the molecule is CC(Br)C(=O)Nc1cccc(C(F)F)c1. The molecule has 0 aromatic heterocycles. The first-order valence-electron chi connectivity index (χ1n) is 4.33. The van der Waals surface area contributed by atoms with Gasteiger partial charge in [-0.05, 0) is 19.1 Å². The molecule has 2 nitrogen and oxygen atoms in total. The fraction of sp³-hybridized carbons (Fsp3) is 0.300. The molecule has 1 aromatic carbocycles. The van der Waals surface area contributed by atoms with E-state index in [9.17, 15) is 13.6 Å². The first-order valence-corrected chi connectivity index (χ1v) is 5.25. The van der Waals surface area contributed by atoms with Gasteiger partial charge in [0.2, 0.25) is 5.91 Å². The molecule has 1 rings (SSSR count). The Kier molecular flexibility index (Phi) is 4.20. The molecule has 1 unspecified atom stereocenters. The molecule has 0 aliphatic carbocycles. The number of rotatable bonds is 3. The third-order valence-corrected chi connectivity index (χ3v) is 2.18. The average molecular weight is 278 g/mol. The van der Waals surface area contributed by atoms with Gasteiger partial charge in [0.25, 0.3) is 6.43 Å². The minimum Gasteiger partial charge on any atom is -0.325 e. The minimum absolute atomic E-state index is 0.102. The number of carbonyl (C=O) groups excluding carboxylic acids is 1. The van der Waals surface area contributed by atoms with Crippen molar-refractivity contribution in [3.8, 4) is 0 Å². The Bertz CT molecular complexity index is 355. The number of hydrogen-bond donors (Lipinski definition) is 1. The molecule has 1 atom stereocenters. The van der Waals surface area contributed by atoms with Crippen molar-refractivity contribution in [3.05, 3.63) is 29.8 Å². The topological polar surface area (TPSA) is 29.1 Å². The quantitative estimate of drug-likeness (QED) is 0.844. The summed E-state index contributed by atoms with van der Waals surface area (Å²) < 4.78 is 24.6. The molecule has 0 radical (unpaired) electrons. The second-order valence-corrected chi connectivity index (χ2v) is 4.40. The summed E-state index contributed by atoms with van der Waals surface area (Å²) in [7, 11) is 0. The zero-order valence-corrected chi connectivity index (χ0v) is 9.59. The van der Waals surface area contributed by atoms with E-state index in [2.05, 4.69) is 21.2 Å². The van der Waals surface area contributed by atoms with Crippen LogP contribution >= 0.6 is 15.9 Å². The van der Waals surface area contributed by atoms with E-state index in [1.165, 1.54) is 18.2 Å². The third kappa shape index (κ3) is 3.58. The molecule has 0 spiro atoms. The second kappa shape index (κ2) is 5.21. The van der Waals surface area contributed by atoms with Crippen molar-refractivity contribution in [3.63, 3.8) is 0 Å². The van der Waals surface area contributed by atoms with E-state index in [-0.39, 0.29) is 16.3 Å². The molecule has 1 aromatic rings. The van der Waals surface area contributed by atoms with Crippen LogP contribution in [0, 0.1) is 0 Å². The standard InChI is InChI=1S/C10H10BrF2NO/c1-6(11)10(15)14-8-4-2-3-7(5-8)9(12)13/h2-6,9H,1H3,(H,14,15). The Morgan fingerprint density at radius 3 is 2.67 bits per heavy atom. The van der Waals surface area contributed by atoms with Crippen LogP contribution in [0.15, 0.2) is 24.3 Å². The summed E-state index contributed by atoms with van der Waals surface area (Å²) in [5.74, 6) is -0.263. The van der Waals surface area contributed by atoms with Crippen molar-refractivity contribution >= 4 is 27.5 Å². The number of carbonyl (C=O) groups is 1. The molecule has 1 amide bonds. The fourth-order valence-electron chi connectivity index (χ4n) is 0.994. The van der Waals surface area contributed by atoms with E-state index in [4.69, 9.17) is 0 Å². The molecule has 0 heterocycles. The van der Waals surface area contributed by atoms with Crippen molar-refractivity contribution < 1.29 is 13.6 Å². The van der Waals surface area contributed by atoms with Crippen LogP contribution in [0.25, 0.3) is 0 Å². The number of amides is 1. The van der Waals surface area contributed by atoms with Crippen LogP contribution in [0.1, 0.15) is 18.9 Å². The van der Waals surface area contributed by atoms with Crippen LogP contribution in [0.5, 0.6) is 0 Å². The van der Waals surface area contributed by atoms with E-state index < -0.39 is 6.43 Å². The van der Waals surface area contributed by atoms with Gasteiger partial charge in [0.15, 0.2) is 0 Å². The van der Waals surface area contributed by atoms with Gasteiger partial charge in [0.05, 0.1) is 4.83 Å². The molecule has 0 fully saturated rings. The molecule has 0 aliphatic rings. The van der Waals surface area contributed by atoms with Gasteiger partial charge in [-0.2, -0.15) is 0 Å². The lowest BCUT2D eigenvalue weighted by molar-refractivity contribution is -0.115. The van der Waals surface area contributed by atoms with E-state index in [0.29, 0.717) is 5.69 Å². The lowest BCUT2D eigenvalue weighted by Gasteiger charge is -2.08. The average Bonchev–Trinajstić information content (AvgIpc) is 2.18. The predicted molar refractivity (Wildman–Crippen MR) is 58.4 cm³/mol. The number of halogens is 3. The number of alkyl halides is 3. The molecule has 1 N–H and O–H groups in total. The van der Waals surface area contributed by atoms with Gasteiger partial charge < -0.3 is 5.32 Å². The van der Waals surface area contributed by atoms with Crippen LogP contribution < -0.4 is 5.32 Å². The summed E-state index contributed by atoms with van der Waals surface area (Å²) in [6, 6.07) is 5.63. The normalized spacial score (nSPS) is 12.6. The van der Waals surface area contributed by atoms with Gasteiger partial charge in [-0.1, -0.05) is 28.1 Å². The predicted octanol–water partition coefficient (Wildman–Crippen LogP) is 3.35. The summed E-state index contributed by atoms with van der Waals surface area (Å²) in [6.45, 7) is 1.66. The summed E-state index contributed by atoms with van der Waals surface area (Å²) in [6.07, 6.45) is -2.52. The van der Waals surface area contributed by atoms with Gasteiger partial charge >= 0.3 is 0 Å². The van der Waals surface area contributed by atoms with E-state index in [0.717, 1.165) is 0 Å². The highest BCUT2D eigenvalue weighted by Crippen LogP contribution is 2.21. The molecule has 15 heavy (non-hydrogen) atoms. The van der Waals surface area contributed by atoms with Crippen LogP contribution in [-0.4, -0.2) is 10.7 Å². The molecule has 0 bridgehead atoms. The molecule has 0 saturated carbocycles. The Morgan fingerprint density at radius 2 is 2.13 bits per heavy atom. The highest BCUT2D eigenvalue weighted by atomic mass is 79.9. The molecule has 82 valence electrons. The summed E-state index contributed by atoms with van der Waals surface area (Å²) >= 11 is 3.08. The first kappa shape index (κ1) is 12.1. The lowest BCUT2D eigenvalue weighted by atomic mass is 10.2. The van der Waals surface area contributed by atoms with Gasteiger partial charge in [-0.15, -0.1) is 0 Å². The Hall–Kier alpha value is -0.970. The van der Waals surface area contributed by atoms with Crippen LogP contribution in [-0.2, 0) is 4.79 Å². The molecular formula is C10H10BrF2NO. The maximum Gasteiger partial charge on any atom is 0.263 e. The monoisotopic (exact) mass is 277 g/mol. The van der Waals surface area contributed by atoms with Crippen molar-refractivity contribution in [1.29, 1.82) is 0 Å². The van der Waals surface area contributed by atoms with Gasteiger partial charge in [0, 0.05) is 11.3 Å². The van der Waals surface area contributed by atoms with Crippen molar-refractivity contribution in [1.82, 2.24) is 0 Å². The van der Waals surface area contributed by atoms with Crippen molar-refractivity contribution in [2.45, 2.75) is 18.2 Å². The Morgan fingerprint density at radius 1 is 1.47 bits per heavy atom. The van der Waals surface area contributed by atoms with Crippen molar-refractivity contribution in [2.24, 2.45) is 0 Å². The summed E-state index contributed by atoms with van der Waals surface area (Å²) in [4.78, 5) is 10.9.